The molecular weight excluding hydrogens is 252 g/mol. The van der Waals surface area contributed by atoms with Gasteiger partial charge >= 0.3 is 5.97 Å². The van der Waals surface area contributed by atoms with Gasteiger partial charge in [0.2, 0.25) is 0 Å². The molecule has 0 aromatic heterocycles. The summed E-state index contributed by atoms with van der Waals surface area (Å²) in [4.78, 5) is 12.0. The third-order valence-electron chi connectivity index (χ3n) is 3.35. The normalized spacial score (nSPS) is 13.6. The van der Waals surface area contributed by atoms with Crippen LogP contribution < -0.4 is 0 Å². The Bertz CT molecular complexity index is 561. The van der Waals surface area contributed by atoms with Gasteiger partial charge in [0.1, 0.15) is 5.92 Å². The van der Waals surface area contributed by atoms with Crippen LogP contribution in [0.1, 0.15) is 28.7 Å². The van der Waals surface area contributed by atoms with Gasteiger partial charge in [-0.25, -0.2) is 0 Å². The number of carbonyl (C=O) groups is 1. The van der Waals surface area contributed by atoms with Crippen LogP contribution >= 0.6 is 0 Å². The summed E-state index contributed by atoms with van der Waals surface area (Å²) >= 11 is 0. The Morgan fingerprint density at radius 1 is 1.00 bits per heavy atom. The van der Waals surface area contributed by atoms with Crippen molar-refractivity contribution in [1.29, 1.82) is 0 Å². The Labute approximate surface area is 118 Å². The van der Waals surface area contributed by atoms with Crippen molar-refractivity contribution in [2.24, 2.45) is 0 Å². The van der Waals surface area contributed by atoms with Crippen LogP contribution in [0.3, 0.4) is 0 Å². The number of aliphatic hydroxyl groups is 1. The average molecular weight is 270 g/mol. The molecule has 0 aliphatic carbocycles. The molecule has 0 heterocycles. The van der Waals surface area contributed by atoms with E-state index in [1.807, 2.05) is 61.5 Å². The van der Waals surface area contributed by atoms with Crippen molar-refractivity contribution >= 4 is 5.97 Å². The minimum atomic E-state index is -0.926. The van der Waals surface area contributed by atoms with E-state index in [1.165, 1.54) is 7.11 Å². The Morgan fingerprint density at radius 2 is 1.60 bits per heavy atom. The second-order valence-electron chi connectivity index (χ2n) is 4.77. The number of ether oxygens (including phenoxy) is 1. The fourth-order valence-electron chi connectivity index (χ4n) is 2.19. The second kappa shape index (κ2) is 6.35. The maximum atomic E-state index is 12.0. The van der Waals surface area contributed by atoms with Gasteiger partial charge in [-0.05, 0) is 18.1 Å². The number of aryl methyl sites for hydroxylation is 1. The third-order valence-corrected chi connectivity index (χ3v) is 3.35. The molecule has 0 fully saturated rings. The first-order chi connectivity index (χ1) is 9.63. The average Bonchev–Trinajstić information content (AvgIpc) is 2.49. The van der Waals surface area contributed by atoms with Gasteiger partial charge in [-0.15, -0.1) is 0 Å². The van der Waals surface area contributed by atoms with E-state index in [1.54, 1.807) is 0 Å². The van der Waals surface area contributed by atoms with Gasteiger partial charge < -0.3 is 9.84 Å². The monoisotopic (exact) mass is 270 g/mol. The summed E-state index contributed by atoms with van der Waals surface area (Å²) in [5.41, 5.74) is 2.55. The van der Waals surface area contributed by atoms with Crippen LogP contribution in [-0.4, -0.2) is 18.2 Å². The number of methoxy groups -OCH3 is 1. The van der Waals surface area contributed by atoms with Gasteiger partial charge in [0.25, 0.3) is 0 Å². The quantitative estimate of drug-likeness (QED) is 0.869. The maximum Gasteiger partial charge on any atom is 0.316 e. The number of esters is 1. The summed E-state index contributed by atoms with van der Waals surface area (Å²) in [6.07, 6.45) is -0.926. The molecule has 3 heteroatoms. The van der Waals surface area contributed by atoms with Crippen LogP contribution in [0.5, 0.6) is 0 Å². The fraction of sp³-hybridized carbons (Fsp3) is 0.235. The highest BCUT2D eigenvalue weighted by molar-refractivity contribution is 5.79. The molecule has 2 aromatic carbocycles. The topological polar surface area (TPSA) is 46.5 Å². The molecule has 104 valence electrons. The number of carbonyl (C=O) groups excluding carboxylic acids is 1. The Balaban J connectivity index is 2.36. The molecule has 0 amide bonds. The molecule has 3 nitrogen and oxygen atoms in total. The van der Waals surface area contributed by atoms with Crippen LogP contribution in [0, 0.1) is 6.92 Å². The molecule has 0 aliphatic rings. The van der Waals surface area contributed by atoms with Crippen molar-refractivity contribution in [1.82, 2.24) is 0 Å². The number of aliphatic hydroxyl groups excluding tert-OH is 1. The SMILES string of the molecule is COC(=O)[C@@H](c1ccccc1)[C@@H](O)c1ccc(C)cc1. The maximum absolute atomic E-state index is 12.0. The smallest absolute Gasteiger partial charge is 0.316 e. The zero-order valence-corrected chi connectivity index (χ0v) is 11.6. The standard InChI is InChI=1S/C17H18O3/c1-12-8-10-14(11-9-12)16(18)15(17(19)20-2)13-6-4-3-5-7-13/h3-11,15-16,18H,1-2H3/t15-,16-/m0/s1. The van der Waals surface area contributed by atoms with Crippen molar-refractivity contribution in [3.05, 3.63) is 71.3 Å². The van der Waals surface area contributed by atoms with E-state index in [9.17, 15) is 9.90 Å². The molecule has 2 atom stereocenters. The van der Waals surface area contributed by atoms with Gasteiger partial charge in [0.05, 0.1) is 13.2 Å². The van der Waals surface area contributed by atoms with Crippen molar-refractivity contribution in [3.63, 3.8) is 0 Å². The lowest BCUT2D eigenvalue weighted by atomic mass is 9.89. The van der Waals surface area contributed by atoms with Crippen LogP contribution in [0.2, 0.25) is 0 Å². The molecule has 0 bridgehead atoms. The van der Waals surface area contributed by atoms with E-state index in [0.717, 1.165) is 11.1 Å². The summed E-state index contributed by atoms with van der Waals surface area (Å²) in [7, 11) is 1.33. The molecule has 20 heavy (non-hydrogen) atoms. The highest BCUT2D eigenvalue weighted by atomic mass is 16.5. The van der Waals surface area contributed by atoms with Gasteiger partial charge in [-0.3, -0.25) is 4.79 Å². The van der Waals surface area contributed by atoms with Crippen LogP contribution in [-0.2, 0) is 9.53 Å². The second-order valence-corrected chi connectivity index (χ2v) is 4.77. The van der Waals surface area contributed by atoms with Gasteiger partial charge in [0.15, 0.2) is 0 Å². The minimum absolute atomic E-state index is 0.440. The highest BCUT2D eigenvalue weighted by Gasteiger charge is 2.30. The van der Waals surface area contributed by atoms with E-state index in [2.05, 4.69) is 0 Å². The highest BCUT2D eigenvalue weighted by Crippen LogP contribution is 2.32. The molecule has 2 aromatic rings. The van der Waals surface area contributed by atoms with E-state index in [0.29, 0.717) is 5.56 Å². The summed E-state index contributed by atoms with van der Waals surface area (Å²) in [5.74, 6) is -1.16. The van der Waals surface area contributed by atoms with E-state index in [4.69, 9.17) is 4.74 Å². The van der Waals surface area contributed by atoms with Gasteiger partial charge in [-0.1, -0.05) is 60.2 Å². The Kier molecular flexibility index (Phi) is 4.53. The molecular formula is C17H18O3. The molecule has 0 radical (unpaired) electrons. The largest absolute Gasteiger partial charge is 0.468 e. The Hall–Kier alpha value is -2.13. The van der Waals surface area contributed by atoms with Crippen molar-refractivity contribution < 1.29 is 14.6 Å². The summed E-state index contributed by atoms with van der Waals surface area (Å²) in [6, 6.07) is 16.7. The number of rotatable bonds is 4. The van der Waals surface area contributed by atoms with Crippen molar-refractivity contribution in [3.8, 4) is 0 Å². The summed E-state index contributed by atoms with van der Waals surface area (Å²) < 4.78 is 4.83. The third kappa shape index (κ3) is 3.06. The van der Waals surface area contributed by atoms with E-state index >= 15 is 0 Å². The number of hydrogen-bond acceptors (Lipinski definition) is 3. The fourth-order valence-corrected chi connectivity index (χ4v) is 2.19. The molecule has 0 saturated carbocycles. The van der Waals surface area contributed by atoms with Gasteiger partial charge in [0, 0.05) is 0 Å². The molecule has 0 unspecified atom stereocenters. The van der Waals surface area contributed by atoms with Crippen LogP contribution in [0.25, 0.3) is 0 Å². The van der Waals surface area contributed by atoms with E-state index in [-0.39, 0.29) is 0 Å². The number of hydrogen-bond donors (Lipinski definition) is 1. The van der Waals surface area contributed by atoms with Crippen LogP contribution in [0.15, 0.2) is 54.6 Å². The summed E-state index contributed by atoms with van der Waals surface area (Å²) in [6.45, 7) is 1.98. The first-order valence-electron chi connectivity index (χ1n) is 6.51. The zero-order chi connectivity index (χ0) is 14.5. The van der Waals surface area contributed by atoms with Crippen LogP contribution in [0.4, 0.5) is 0 Å². The van der Waals surface area contributed by atoms with E-state index < -0.39 is 18.0 Å². The number of benzene rings is 2. The molecule has 0 aliphatic heterocycles. The molecule has 0 spiro atoms. The Morgan fingerprint density at radius 3 is 2.15 bits per heavy atom. The zero-order valence-electron chi connectivity index (χ0n) is 11.6. The first kappa shape index (κ1) is 14.3. The molecule has 1 N–H and O–H groups in total. The van der Waals surface area contributed by atoms with Crippen molar-refractivity contribution in [2.75, 3.05) is 7.11 Å². The molecule has 2 rings (SSSR count). The predicted octanol–water partition coefficient (Wildman–Crippen LogP) is 2.99. The lowest BCUT2D eigenvalue weighted by Crippen LogP contribution is -2.21. The summed E-state index contributed by atoms with van der Waals surface area (Å²) in [5, 5.41) is 10.5. The minimum Gasteiger partial charge on any atom is -0.468 e. The van der Waals surface area contributed by atoms with Crippen molar-refractivity contribution in [2.45, 2.75) is 18.9 Å². The van der Waals surface area contributed by atoms with Gasteiger partial charge in [-0.2, -0.15) is 0 Å². The predicted molar refractivity (Wildman–Crippen MR) is 77.3 cm³/mol. The lowest BCUT2D eigenvalue weighted by Gasteiger charge is -2.21. The molecule has 0 saturated heterocycles. The lowest BCUT2D eigenvalue weighted by molar-refractivity contribution is -0.145. The first-order valence-corrected chi connectivity index (χ1v) is 6.51.